The summed E-state index contributed by atoms with van der Waals surface area (Å²) < 4.78 is 0. The van der Waals surface area contributed by atoms with E-state index in [1.54, 1.807) is 0 Å². The molecule has 1 aliphatic rings. The lowest BCUT2D eigenvalue weighted by molar-refractivity contribution is -0.918. The lowest BCUT2D eigenvalue weighted by atomic mass is 10.0. The number of hydrogen-bond acceptors (Lipinski definition) is 2. The van der Waals surface area contributed by atoms with Crippen molar-refractivity contribution in [1.29, 1.82) is 0 Å². The van der Waals surface area contributed by atoms with Gasteiger partial charge in [0.05, 0.1) is 25.6 Å². The van der Waals surface area contributed by atoms with Gasteiger partial charge in [-0.25, -0.2) is 0 Å². The molecule has 0 aromatic heterocycles. The summed E-state index contributed by atoms with van der Waals surface area (Å²) in [5.41, 5.74) is 2.23. The number of quaternary nitrogens is 1. The van der Waals surface area contributed by atoms with Crippen molar-refractivity contribution >= 4 is 23.4 Å². The number of benzene rings is 2. The first kappa shape index (κ1) is 21.3. The molecule has 0 aliphatic carbocycles. The number of amides is 2. The molecule has 2 aromatic carbocycles. The Bertz CT molecular complexity index is 803. The maximum absolute atomic E-state index is 12.6. The van der Waals surface area contributed by atoms with Crippen molar-refractivity contribution in [3.8, 4) is 0 Å². The average Bonchev–Trinajstić information content (AvgIpc) is 2.71. The third kappa shape index (κ3) is 6.87. The Kier molecular flexibility index (Phi) is 7.67. The molecule has 3 rings (SSSR count). The molecule has 2 aromatic rings. The Hall–Kier alpha value is -2.37. The number of carbonyl (C=O) groups is 2. The van der Waals surface area contributed by atoms with E-state index in [0.717, 1.165) is 43.1 Å². The van der Waals surface area contributed by atoms with Crippen LogP contribution >= 0.6 is 11.6 Å². The molecule has 29 heavy (non-hydrogen) atoms. The molecule has 0 saturated carbocycles. The fourth-order valence-electron chi connectivity index (χ4n) is 3.89. The number of nitrogens with one attached hydrogen (secondary N) is 3. The molecule has 1 fully saturated rings. The highest BCUT2D eigenvalue weighted by Crippen LogP contribution is 2.17. The maximum atomic E-state index is 12.6. The molecule has 1 aliphatic heterocycles. The van der Waals surface area contributed by atoms with E-state index in [-0.39, 0.29) is 30.3 Å². The summed E-state index contributed by atoms with van der Waals surface area (Å²) in [6, 6.07) is 17.6. The van der Waals surface area contributed by atoms with Crippen LogP contribution in [0.5, 0.6) is 0 Å². The molecule has 3 N–H and O–H groups in total. The van der Waals surface area contributed by atoms with Gasteiger partial charge in [0.25, 0.3) is 0 Å². The first-order valence-electron chi connectivity index (χ1n) is 10.2. The first-order chi connectivity index (χ1) is 14.0. The highest BCUT2D eigenvalue weighted by atomic mass is 35.5. The van der Waals surface area contributed by atoms with E-state index >= 15 is 0 Å². The van der Waals surface area contributed by atoms with Crippen LogP contribution in [0.25, 0.3) is 0 Å². The smallest absolute Gasteiger partial charge is 0.222 e. The van der Waals surface area contributed by atoms with Gasteiger partial charge in [-0.2, -0.15) is 0 Å². The quantitative estimate of drug-likeness (QED) is 0.650. The molecule has 5 nitrogen and oxygen atoms in total. The molecule has 0 radical (unpaired) electrons. The van der Waals surface area contributed by atoms with E-state index in [1.807, 2.05) is 42.5 Å². The third-order valence-corrected chi connectivity index (χ3v) is 5.65. The molecule has 0 bridgehead atoms. The first-order valence-corrected chi connectivity index (χ1v) is 10.6. The second-order valence-corrected chi connectivity index (χ2v) is 8.20. The van der Waals surface area contributed by atoms with Crippen LogP contribution in [0.1, 0.15) is 43.4 Å². The summed E-state index contributed by atoms with van der Waals surface area (Å²) in [6.45, 7) is 4.52. The van der Waals surface area contributed by atoms with Gasteiger partial charge in [0, 0.05) is 36.4 Å². The summed E-state index contributed by atoms with van der Waals surface area (Å²) in [6.07, 6.45) is 2.18. The molecule has 1 saturated heterocycles. The minimum atomic E-state index is -0.302. The van der Waals surface area contributed by atoms with Crippen molar-refractivity contribution < 1.29 is 14.5 Å². The number of likely N-dealkylation sites (tertiary alicyclic amines) is 1. The van der Waals surface area contributed by atoms with Crippen LogP contribution in [0, 0.1) is 0 Å². The van der Waals surface area contributed by atoms with Gasteiger partial charge >= 0.3 is 0 Å². The molecular weight excluding hydrogens is 386 g/mol. The van der Waals surface area contributed by atoms with E-state index in [2.05, 4.69) is 22.8 Å². The standard InChI is InChI=1S/C23H28ClN3O2/c1-17(28)25-22(19-5-3-2-4-6-19)15-23(29)26-21-11-13-27(14-12-21)16-18-7-9-20(24)10-8-18/h2-10,21-22H,11-16H2,1H3,(H,25,28)(H,26,29)/p+1/t22-/m1/s1. The number of hydrogen-bond donors (Lipinski definition) is 3. The van der Waals surface area contributed by atoms with Crippen LogP contribution in [-0.2, 0) is 16.1 Å². The summed E-state index contributed by atoms with van der Waals surface area (Å²) >= 11 is 5.95. The van der Waals surface area contributed by atoms with E-state index in [1.165, 1.54) is 17.4 Å². The number of halogens is 1. The van der Waals surface area contributed by atoms with E-state index in [4.69, 9.17) is 11.6 Å². The summed E-state index contributed by atoms with van der Waals surface area (Å²) in [4.78, 5) is 25.7. The number of carbonyl (C=O) groups excluding carboxylic acids is 2. The predicted molar refractivity (Wildman–Crippen MR) is 115 cm³/mol. The highest BCUT2D eigenvalue weighted by Gasteiger charge is 2.25. The van der Waals surface area contributed by atoms with Crippen LogP contribution in [0.2, 0.25) is 5.02 Å². The fraction of sp³-hybridized carbons (Fsp3) is 0.391. The van der Waals surface area contributed by atoms with Crippen molar-refractivity contribution in [2.75, 3.05) is 13.1 Å². The Morgan fingerprint density at radius 2 is 1.72 bits per heavy atom. The second kappa shape index (κ2) is 10.4. The van der Waals surface area contributed by atoms with Gasteiger partial charge in [0.15, 0.2) is 0 Å². The van der Waals surface area contributed by atoms with Gasteiger partial charge in [0.1, 0.15) is 6.54 Å². The molecule has 2 amide bonds. The summed E-state index contributed by atoms with van der Waals surface area (Å²) in [5.74, 6) is -0.149. The van der Waals surface area contributed by atoms with E-state index in [0.29, 0.717) is 0 Å². The Morgan fingerprint density at radius 1 is 1.07 bits per heavy atom. The lowest BCUT2D eigenvalue weighted by Gasteiger charge is -2.30. The van der Waals surface area contributed by atoms with Crippen LogP contribution in [0.15, 0.2) is 54.6 Å². The van der Waals surface area contributed by atoms with Gasteiger partial charge in [0.2, 0.25) is 11.8 Å². The van der Waals surface area contributed by atoms with E-state index in [9.17, 15) is 9.59 Å². The Labute approximate surface area is 177 Å². The number of rotatable bonds is 7. The molecule has 0 unspecified atom stereocenters. The van der Waals surface area contributed by atoms with Crippen LogP contribution in [-0.4, -0.2) is 30.9 Å². The van der Waals surface area contributed by atoms with Crippen molar-refractivity contribution in [2.45, 2.75) is 44.8 Å². The van der Waals surface area contributed by atoms with Crippen molar-refractivity contribution in [2.24, 2.45) is 0 Å². The third-order valence-electron chi connectivity index (χ3n) is 5.39. The van der Waals surface area contributed by atoms with E-state index < -0.39 is 0 Å². The van der Waals surface area contributed by atoms with Gasteiger partial charge in [-0.3, -0.25) is 9.59 Å². The van der Waals surface area contributed by atoms with Gasteiger partial charge in [-0.1, -0.05) is 54.1 Å². The molecule has 6 heteroatoms. The minimum absolute atomic E-state index is 0.0150. The topological polar surface area (TPSA) is 62.6 Å². The number of piperidine rings is 1. The fourth-order valence-corrected chi connectivity index (χ4v) is 4.02. The Morgan fingerprint density at radius 3 is 2.34 bits per heavy atom. The van der Waals surface area contributed by atoms with Crippen LogP contribution < -0.4 is 15.5 Å². The molecule has 0 spiro atoms. The van der Waals surface area contributed by atoms with Gasteiger partial charge in [-0.15, -0.1) is 0 Å². The highest BCUT2D eigenvalue weighted by molar-refractivity contribution is 6.30. The molecule has 1 heterocycles. The zero-order chi connectivity index (χ0) is 20.6. The Balaban J connectivity index is 1.47. The van der Waals surface area contributed by atoms with Crippen LogP contribution in [0.3, 0.4) is 0 Å². The van der Waals surface area contributed by atoms with Gasteiger partial charge < -0.3 is 15.5 Å². The zero-order valence-corrected chi connectivity index (χ0v) is 17.5. The second-order valence-electron chi connectivity index (χ2n) is 7.76. The van der Waals surface area contributed by atoms with Crippen molar-refractivity contribution in [3.05, 3.63) is 70.7 Å². The molecule has 1 atom stereocenters. The predicted octanol–water partition coefficient (Wildman–Crippen LogP) is 2.27. The maximum Gasteiger partial charge on any atom is 0.222 e. The van der Waals surface area contributed by atoms with Crippen molar-refractivity contribution in [3.63, 3.8) is 0 Å². The van der Waals surface area contributed by atoms with Gasteiger partial charge in [-0.05, 0) is 17.7 Å². The minimum Gasteiger partial charge on any atom is -0.353 e. The molecule has 154 valence electrons. The van der Waals surface area contributed by atoms with Crippen molar-refractivity contribution in [1.82, 2.24) is 10.6 Å². The molecular formula is C23H29ClN3O2+. The summed E-state index contributed by atoms with van der Waals surface area (Å²) in [7, 11) is 0. The monoisotopic (exact) mass is 414 g/mol. The SMILES string of the molecule is CC(=O)N[C@H](CC(=O)NC1CC[NH+](Cc2ccc(Cl)cc2)CC1)c1ccccc1. The lowest BCUT2D eigenvalue weighted by Crippen LogP contribution is -3.12. The normalized spacial score (nSPS) is 19.9. The van der Waals surface area contributed by atoms with Crippen LogP contribution in [0.4, 0.5) is 0 Å². The zero-order valence-electron chi connectivity index (χ0n) is 16.8. The summed E-state index contributed by atoms with van der Waals surface area (Å²) in [5, 5.41) is 6.81. The largest absolute Gasteiger partial charge is 0.353 e. The average molecular weight is 415 g/mol.